The van der Waals surface area contributed by atoms with Crippen LogP contribution in [0.25, 0.3) is 22.3 Å². The summed E-state index contributed by atoms with van der Waals surface area (Å²) in [5.41, 5.74) is 7.64. The van der Waals surface area contributed by atoms with Crippen LogP contribution in [0.4, 0.5) is 16.2 Å². The van der Waals surface area contributed by atoms with E-state index in [4.69, 9.17) is 4.74 Å². The fourth-order valence-electron chi connectivity index (χ4n) is 4.84. The third-order valence-corrected chi connectivity index (χ3v) is 6.79. The number of nitrogens with zero attached hydrogens (tertiary/aromatic N) is 5. The second-order valence-electron chi connectivity index (χ2n) is 9.37. The Morgan fingerprint density at radius 3 is 2.76 bits per heavy atom. The van der Waals surface area contributed by atoms with E-state index in [9.17, 15) is 4.39 Å². The maximum Gasteiger partial charge on any atom is 0.202 e. The number of ether oxygens (including phenoxy) is 1. The molecular formula is C29H28FN7O. The minimum absolute atomic E-state index is 0.243. The van der Waals surface area contributed by atoms with Crippen molar-refractivity contribution in [2.45, 2.75) is 26.8 Å². The molecule has 1 aliphatic rings. The van der Waals surface area contributed by atoms with Crippen molar-refractivity contribution in [3.63, 3.8) is 0 Å². The van der Waals surface area contributed by atoms with E-state index < -0.39 is 0 Å². The number of imidazole rings is 1. The van der Waals surface area contributed by atoms with E-state index in [1.54, 1.807) is 6.33 Å². The highest BCUT2D eigenvalue weighted by Gasteiger charge is 2.21. The molecule has 0 unspecified atom stereocenters. The zero-order valence-electron chi connectivity index (χ0n) is 21.3. The molecule has 2 aromatic carbocycles. The minimum Gasteiger partial charge on any atom is -0.491 e. The molecule has 5 aromatic rings. The maximum atomic E-state index is 13.5. The smallest absolute Gasteiger partial charge is 0.202 e. The lowest BCUT2D eigenvalue weighted by Gasteiger charge is -2.24. The van der Waals surface area contributed by atoms with Gasteiger partial charge in [0.25, 0.3) is 0 Å². The molecule has 0 radical (unpaired) electrons. The maximum absolute atomic E-state index is 13.5. The van der Waals surface area contributed by atoms with Gasteiger partial charge in [-0.25, -0.2) is 19.3 Å². The Hall–Kier alpha value is -4.53. The fourth-order valence-corrected chi connectivity index (χ4v) is 4.84. The Labute approximate surface area is 220 Å². The normalized spacial score (nSPS) is 13.2. The average Bonchev–Trinajstić information content (AvgIpc) is 3.20. The number of hydrogen-bond acceptors (Lipinski definition) is 7. The number of aromatic nitrogens is 5. The topological polar surface area (TPSA) is 91.9 Å². The summed E-state index contributed by atoms with van der Waals surface area (Å²) in [5.74, 6) is 2.22. The summed E-state index contributed by atoms with van der Waals surface area (Å²) in [5, 5.41) is 3.19. The van der Waals surface area contributed by atoms with E-state index in [0.717, 1.165) is 63.1 Å². The first kappa shape index (κ1) is 23.8. The van der Waals surface area contributed by atoms with E-state index >= 15 is 0 Å². The molecule has 0 bridgehead atoms. The first-order valence-corrected chi connectivity index (χ1v) is 12.7. The number of aromatic amines is 1. The fraction of sp³-hybridized carbons (Fsp3) is 0.241. The molecule has 9 heteroatoms. The molecule has 0 saturated carbocycles. The highest BCUT2D eigenvalue weighted by molar-refractivity contribution is 5.80. The molecule has 0 spiro atoms. The second-order valence-corrected chi connectivity index (χ2v) is 9.37. The van der Waals surface area contributed by atoms with Crippen LogP contribution in [0.3, 0.4) is 0 Å². The van der Waals surface area contributed by atoms with E-state index in [0.29, 0.717) is 31.8 Å². The monoisotopic (exact) mass is 509 g/mol. The number of aryl methyl sites for hydroxylation is 1. The molecule has 6 rings (SSSR count). The van der Waals surface area contributed by atoms with Crippen LogP contribution in [0, 0.1) is 12.7 Å². The van der Waals surface area contributed by atoms with Crippen molar-refractivity contribution in [2.24, 2.45) is 0 Å². The number of anilines is 2. The first-order chi connectivity index (χ1) is 18.6. The SMILES string of the molecule is CCNc1nc2ncc(-c3ccc4c(c3)CN(c3ncnc(C)c3Cc3ccc(F)cc3)CCO4)cc2[nH]1. The molecule has 0 fully saturated rings. The van der Waals surface area contributed by atoms with Gasteiger partial charge in [0, 0.05) is 48.1 Å². The molecule has 4 heterocycles. The number of pyridine rings is 1. The van der Waals surface area contributed by atoms with Crippen LogP contribution < -0.4 is 15.0 Å². The van der Waals surface area contributed by atoms with Crippen molar-refractivity contribution in [1.82, 2.24) is 24.9 Å². The predicted octanol–water partition coefficient (Wildman–Crippen LogP) is 5.28. The number of H-pyrrole nitrogens is 1. The number of nitrogens with one attached hydrogen (secondary N) is 2. The van der Waals surface area contributed by atoms with Crippen LogP contribution in [0.2, 0.25) is 0 Å². The van der Waals surface area contributed by atoms with Crippen LogP contribution >= 0.6 is 0 Å². The summed E-state index contributed by atoms with van der Waals surface area (Å²) in [4.78, 5) is 23.7. The molecular weight excluding hydrogens is 481 g/mol. The summed E-state index contributed by atoms with van der Waals surface area (Å²) in [7, 11) is 0. The lowest BCUT2D eigenvalue weighted by molar-refractivity contribution is 0.331. The highest BCUT2D eigenvalue weighted by Crippen LogP contribution is 2.33. The standard InChI is InChI=1S/C29H28FN7O/c1-3-31-29-35-25-14-21(15-32-27(25)36-29)20-6-9-26-22(13-20)16-37(10-11-38-26)28-24(18(2)33-17-34-28)12-19-4-7-23(30)8-5-19/h4-9,13-15,17H,3,10-12,16H2,1-2H3,(H2,31,32,35,36). The molecule has 8 nitrogen and oxygen atoms in total. The largest absolute Gasteiger partial charge is 0.491 e. The van der Waals surface area contributed by atoms with Gasteiger partial charge in [0.15, 0.2) is 5.65 Å². The summed E-state index contributed by atoms with van der Waals surface area (Å²) in [6.07, 6.45) is 4.08. The zero-order chi connectivity index (χ0) is 26.1. The van der Waals surface area contributed by atoms with Crippen molar-refractivity contribution in [3.8, 4) is 16.9 Å². The van der Waals surface area contributed by atoms with Crippen LogP contribution in [0.1, 0.15) is 29.3 Å². The van der Waals surface area contributed by atoms with Gasteiger partial charge >= 0.3 is 0 Å². The van der Waals surface area contributed by atoms with Crippen LogP contribution in [-0.4, -0.2) is 44.6 Å². The number of rotatable bonds is 6. The Morgan fingerprint density at radius 1 is 1.05 bits per heavy atom. The lowest BCUT2D eigenvalue weighted by Crippen LogP contribution is -2.28. The van der Waals surface area contributed by atoms with Crippen molar-refractivity contribution in [1.29, 1.82) is 0 Å². The molecule has 0 amide bonds. The molecule has 0 atom stereocenters. The molecule has 3 aromatic heterocycles. The van der Waals surface area contributed by atoms with Gasteiger partial charge in [-0.3, -0.25) is 0 Å². The van der Waals surface area contributed by atoms with Gasteiger partial charge in [-0.15, -0.1) is 0 Å². The second kappa shape index (κ2) is 10.1. The van der Waals surface area contributed by atoms with Gasteiger partial charge in [0.05, 0.1) is 12.1 Å². The van der Waals surface area contributed by atoms with Crippen molar-refractivity contribution >= 4 is 22.9 Å². The first-order valence-electron chi connectivity index (χ1n) is 12.7. The van der Waals surface area contributed by atoms with Crippen LogP contribution in [0.15, 0.2) is 61.1 Å². The van der Waals surface area contributed by atoms with Crippen LogP contribution in [-0.2, 0) is 13.0 Å². The Kier molecular flexibility index (Phi) is 6.33. The third-order valence-electron chi connectivity index (χ3n) is 6.79. The summed E-state index contributed by atoms with van der Waals surface area (Å²) in [6, 6.07) is 14.9. The quantitative estimate of drug-likeness (QED) is 0.322. The number of fused-ring (bicyclic) bond motifs is 2. The third kappa shape index (κ3) is 4.74. The zero-order valence-corrected chi connectivity index (χ0v) is 21.3. The molecule has 38 heavy (non-hydrogen) atoms. The summed E-state index contributed by atoms with van der Waals surface area (Å²) >= 11 is 0. The molecule has 0 aliphatic carbocycles. The average molecular weight is 510 g/mol. The van der Waals surface area contributed by atoms with Crippen molar-refractivity contribution < 1.29 is 9.13 Å². The summed E-state index contributed by atoms with van der Waals surface area (Å²) in [6.45, 7) is 6.67. The highest BCUT2D eigenvalue weighted by atomic mass is 19.1. The van der Waals surface area contributed by atoms with E-state index in [-0.39, 0.29) is 5.82 Å². The van der Waals surface area contributed by atoms with Gasteiger partial charge in [0.2, 0.25) is 5.95 Å². The predicted molar refractivity (Wildman–Crippen MR) is 146 cm³/mol. The minimum atomic E-state index is -0.243. The van der Waals surface area contributed by atoms with E-state index in [1.165, 1.54) is 12.1 Å². The van der Waals surface area contributed by atoms with Gasteiger partial charge < -0.3 is 19.9 Å². The molecule has 0 saturated heterocycles. The van der Waals surface area contributed by atoms with Gasteiger partial charge in [-0.2, -0.15) is 4.98 Å². The lowest BCUT2D eigenvalue weighted by atomic mass is 10.0. The van der Waals surface area contributed by atoms with E-state index in [2.05, 4.69) is 53.3 Å². The Bertz CT molecular complexity index is 1600. The van der Waals surface area contributed by atoms with Gasteiger partial charge in [-0.05, 0) is 55.3 Å². The number of benzene rings is 2. The molecule has 2 N–H and O–H groups in total. The van der Waals surface area contributed by atoms with Gasteiger partial charge in [0.1, 0.15) is 30.3 Å². The number of hydrogen-bond donors (Lipinski definition) is 2. The number of halogens is 1. The van der Waals surface area contributed by atoms with Gasteiger partial charge in [-0.1, -0.05) is 18.2 Å². The van der Waals surface area contributed by atoms with Crippen molar-refractivity contribution in [2.75, 3.05) is 29.9 Å². The van der Waals surface area contributed by atoms with Crippen LogP contribution in [0.5, 0.6) is 5.75 Å². The molecule has 192 valence electrons. The van der Waals surface area contributed by atoms with E-state index in [1.807, 2.05) is 38.2 Å². The Balaban J connectivity index is 1.32. The summed E-state index contributed by atoms with van der Waals surface area (Å²) < 4.78 is 19.6. The Morgan fingerprint density at radius 2 is 1.92 bits per heavy atom. The molecule has 1 aliphatic heterocycles. The van der Waals surface area contributed by atoms with Crippen molar-refractivity contribution in [3.05, 3.63) is 89.3 Å².